The molecule has 1 saturated carbocycles. The minimum absolute atomic E-state index is 0.509. The van der Waals surface area contributed by atoms with Gasteiger partial charge in [-0.2, -0.15) is 0 Å². The Kier molecular flexibility index (Phi) is 2.57. The van der Waals surface area contributed by atoms with Gasteiger partial charge >= 0.3 is 0 Å². The van der Waals surface area contributed by atoms with Gasteiger partial charge in [0.05, 0.1) is 5.69 Å². The van der Waals surface area contributed by atoms with Crippen LogP contribution in [0.4, 0.5) is 11.5 Å². The monoisotopic (exact) mass is 191 g/mol. The molecule has 0 radical (unpaired) electrons. The topological polar surface area (TPSA) is 50.9 Å². The molecule has 0 amide bonds. The van der Waals surface area contributed by atoms with Crippen molar-refractivity contribution in [3.05, 3.63) is 18.3 Å². The van der Waals surface area contributed by atoms with E-state index in [-0.39, 0.29) is 0 Å². The highest BCUT2D eigenvalue weighted by atomic mass is 15.0. The van der Waals surface area contributed by atoms with Crippen LogP contribution < -0.4 is 11.1 Å². The molecular weight excluding hydrogens is 174 g/mol. The summed E-state index contributed by atoms with van der Waals surface area (Å²) in [4.78, 5) is 4.05. The van der Waals surface area contributed by atoms with Crippen LogP contribution in [-0.2, 0) is 0 Å². The lowest BCUT2D eigenvalue weighted by Crippen LogP contribution is -2.31. The number of nitrogens with one attached hydrogen (secondary N) is 1. The van der Waals surface area contributed by atoms with Gasteiger partial charge in [0.2, 0.25) is 0 Å². The number of nitrogen functional groups attached to an aromatic ring is 1. The van der Waals surface area contributed by atoms with Gasteiger partial charge in [0.15, 0.2) is 0 Å². The fourth-order valence-electron chi connectivity index (χ4n) is 1.84. The summed E-state index contributed by atoms with van der Waals surface area (Å²) < 4.78 is 0. The molecule has 1 aliphatic rings. The van der Waals surface area contributed by atoms with E-state index in [1.807, 2.05) is 12.1 Å². The van der Waals surface area contributed by atoms with Crippen molar-refractivity contribution in [2.45, 2.75) is 32.2 Å². The maximum atomic E-state index is 5.75. The highest BCUT2D eigenvalue weighted by Crippen LogP contribution is 2.31. The summed E-state index contributed by atoms with van der Waals surface area (Å²) >= 11 is 0. The van der Waals surface area contributed by atoms with Crippen molar-refractivity contribution in [2.75, 3.05) is 11.1 Å². The van der Waals surface area contributed by atoms with Gasteiger partial charge in [-0.05, 0) is 37.8 Å². The molecule has 0 bridgehead atoms. The van der Waals surface area contributed by atoms with Crippen LogP contribution in [0.1, 0.15) is 26.2 Å². The van der Waals surface area contributed by atoms with Crippen molar-refractivity contribution in [3.8, 4) is 0 Å². The van der Waals surface area contributed by atoms with Gasteiger partial charge in [-0.25, -0.2) is 4.98 Å². The second kappa shape index (κ2) is 3.86. The summed E-state index contributed by atoms with van der Waals surface area (Å²) in [7, 11) is 0. The highest BCUT2D eigenvalue weighted by molar-refractivity contribution is 5.61. The molecule has 1 atom stereocenters. The summed E-state index contributed by atoms with van der Waals surface area (Å²) in [6.45, 7) is 2.22. The lowest BCUT2D eigenvalue weighted by molar-refractivity contribution is 0.285. The Hall–Kier alpha value is -1.25. The molecule has 1 aliphatic carbocycles. The van der Waals surface area contributed by atoms with Crippen molar-refractivity contribution >= 4 is 11.5 Å². The molecule has 14 heavy (non-hydrogen) atoms. The number of hydrogen-bond acceptors (Lipinski definition) is 3. The van der Waals surface area contributed by atoms with Crippen LogP contribution in [0.25, 0.3) is 0 Å². The number of pyridine rings is 1. The summed E-state index contributed by atoms with van der Waals surface area (Å²) in [5, 5.41) is 3.42. The molecular formula is C11H17N3. The number of aromatic nitrogens is 1. The van der Waals surface area contributed by atoms with E-state index in [0.717, 1.165) is 11.6 Å². The molecule has 0 aromatic carbocycles. The predicted octanol–water partition coefficient (Wildman–Crippen LogP) is 2.26. The summed E-state index contributed by atoms with van der Waals surface area (Å²) in [5.74, 6) is 1.41. The maximum Gasteiger partial charge on any atom is 0.146 e. The van der Waals surface area contributed by atoms with Crippen LogP contribution in [-0.4, -0.2) is 11.0 Å². The Morgan fingerprint density at radius 2 is 2.36 bits per heavy atom. The van der Waals surface area contributed by atoms with E-state index in [0.29, 0.717) is 11.9 Å². The number of anilines is 2. The highest BCUT2D eigenvalue weighted by Gasteiger charge is 2.23. The Morgan fingerprint density at radius 1 is 1.57 bits per heavy atom. The van der Waals surface area contributed by atoms with Crippen molar-refractivity contribution < 1.29 is 0 Å². The Labute approximate surface area is 84.7 Å². The van der Waals surface area contributed by atoms with E-state index in [4.69, 9.17) is 5.73 Å². The second-order valence-corrected chi connectivity index (χ2v) is 4.06. The third-order valence-corrected chi connectivity index (χ3v) is 3.08. The Bertz CT molecular complexity index is 307. The average molecular weight is 191 g/mol. The zero-order valence-electron chi connectivity index (χ0n) is 8.53. The van der Waals surface area contributed by atoms with Gasteiger partial charge in [-0.3, -0.25) is 0 Å². The van der Waals surface area contributed by atoms with Crippen LogP contribution in [0.3, 0.4) is 0 Å². The van der Waals surface area contributed by atoms with Gasteiger partial charge in [-0.1, -0.05) is 6.42 Å². The molecule has 1 unspecified atom stereocenters. The van der Waals surface area contributed by atoms with Crippen LogP contribution in [0.15, 0.2) is 18.3 Å². The van der Waals surface area contributed by atoms with E-state index in [1.54, 1.807) is 6.20 Å². The molecule has 1 aromatic rings. The van der Waals surface area contributed by atoms with Crippen LogP contribution in [0, 0.1) is 5.92 Å². The zero-order chi connectivity index (χ0) is 9.97. The molecule has 1 fully saturated rings. The van der Waals surface area contributed by atoms with Crippen molar-refractivity contribution in [3.63, 3.8) is 0 Å². The van der Waals surface area contributed by atoms with E-state index < -0.39 is 0 Å². The summed E-state index contributed by atoms with van der Waals surface area (Å²) in [6, 6.07) is 4.40. The molecule has 3 nitrogen and oxygen atoms in total. The minimum atomic E-state index is 0.509. The summed E-state index contributed by atoms with van der Waals surface area (Å²) in [6.07, 6.45) is 5.77. The number of nitrogens with two attached hydrogens (primary N) is 1. The molecule has 3 heteroatoms. The van der Waals surface area contributed by atoms with E-state index >= 15 is 0 Å². The molecule has 2 rings (SSSR count). The van der Waals surface area contributed by atoms with Crippen molar-refractivity contribution in [1.82, 2.24) is 4.98 Å². The van der Waals surface area contributed by atoms with Crippen LogP contribution in [0.5, 0.6) is 0 Å². The molecule has 0 aliphatic heterocycles. The first-order valence-electron chi connectivity index (χ1n) is 5.24. The molecule has 3 N–H and O–H groups in total. The maximum absolute atomic E-state index is 5.75. The lowest BCUT2D eigenvalue weighted by atomic mass is 9.80. The lowest BCUT2D eigenvalue weighted by Gasteiger charge is -2.32. The number of nitrogens with zero attached hydrogens (tertiary/aromatic N) is 1. The fraction of sp³-hybridized carbons (Fsp3) is 0.545. The van der Waals surface area contributed by atoms with Gasteiger partial charge in [0.25, 0.3) is 0 Å². The largest absolute Gasteiger partial charge is 0.382 e. The summed E-state index contributed by atoms with van der Waals surface area (Å²) in [5.41, 5.74) is 6.72. The third-order valence-electron chi connectivity index (χ3n) is 3.08. The molecule has 76 valence electrons. The number of hydrogen-bond donors (Lipinski definition) is 2. The third kappa shape index (κ3) is 1.81. The van der Waals surface area contributed by atoms with Gasteiger partial charge in [0, 0.05) is 12.2 Å². The van der Waals surface area contributed by atoms with Gasteiger partial charge < -0.3 is 11.1 Å². The second-order valence-electron chi connectivity index (χ2n) is 4.06. The molecule has 0 spiro atoms. The van der Waals surface area contributed by atoms with E-state index in [1.165, 1.54) is 19.3 Å². The normalized spacial score (nSPS) is 18.6. The standard InChI is InChI=1S/C11H17N3/c1-8(9-4-2-5-9)14-10-6-3-7-13-11(10)12/h3,6-9,14H,2,4-5H2,1H3,(H2,12,13). The smallest absolute Gasteiger partial charge is 0.146 e. The molecule has 1 aromatic heterocycles. The quantitative estimate of drug-likeness (QED) is 0.770. The fourth-order valence-corrected chi connectivity index (χ4v) is 1.84. The average Bonchev–Trinajstić information content (AvgIpc) is 2.05. The van der Waals surface area contributed by atoms with Gasteiger partial charge in [0.1, 0.15) is 5.82 Å². The Morgan fingerprint density at radius 3 is 2.93 bits per heavy atom. The van der Waals surface area contributed by atoms with Crippen molar-refractivity contribution in [1.29, 1.82) is 0 Å². The first-order valence-corrected chi connectivity index (χ1v) is 5.24. The van der Waals surface area contributed by atoms with E-state index in [9.17, 15) is 0 Å². The molecule has 0 saturated heterocycles. The van der Waals surface area contributed by atoms with Crippen LogP contribution >= 0.6 is 0 Å². The van der Waals surface area contributed by atoms with Crippen molar-refractivity contribution in [2.24, 2.45) is 5.92 Å². The van der Waals surface area contributed by atoms with E-state index in [2.05, 4.69) is 17.2 Å². The SMILES string of the molecule is CC(Nc1cccnc1N)C1CCC1. The van der Waals surface area contributed by atoms with Gasteiger partial charge in [-0.15, -0.1) is 0 Å². The Balaban J connectivity index is 1.99. The first-order chi connectivity index (χ1) is 6.77. The zero-order valence-corrected chi connectivity index (χ0v) is 8.53. The molecule has 1 heterocycles. The number of rotatable bonds is 3. The minimum Gasteiger partial charge on any atom is -0.382 e. The predicted molar refractivity (Wildman–Crippen MR) is 59.1 cm³/mol. The van der Waals surface area contributed by atoms with Crippen LogP contribution in [0.2, 0.25) is 0 Å². The first kappa shape index (κ1) is 9.31.